The van der Waals surface area contributed by atoms with Gasteiger partial charge >= 0.3 is 0 Å². The molecule has 1 heteroatoms. The molecule has 1 heterocycles. The average molecular weight is 212 g/mol. The van der Waals surface area contributed by atoms with E-state index in [4.69, 9.17) is 0 Å². The molecule has 1 fully saturated rings. The average Bonchev–Trinajstić information content (AvgIpc) is 3.11. The first-order valence-electron chi connectivity index (χ1n) is 5.20. The molecule has 74 valence electrons. The first-order valence-corrected chi connectivity index (χ1v) is 6.15. The van der Waals surface area contributed by atoms with E-state index in [0.717, 1.165) is 0 Å². The Bertz CT molecular complexity index is 392. The van der Waals surface area contributed by atoms with Gasteiger partial charge in [-0.1, -0.05) is 60.7 Å². The van der Waals surface area contributed by atoms with Crippen LogP contribution >= 0.6 is 11.8 Å². The molecule has 2 atom stereocenters. The lowest BCUT2D eigenvalue weighted by atomic mass is 10.0. The zero-order chi connectivity index (χ0) is 10.1. The van der Waals surface area contributed by atoms with Crippen molar-refractivity contribution < 1.29 is 0 Å². The van der Waals surface area contributed by atoms with Gasteiger partial charge in [0.15, 0.2) is 0 Å². The van der Waals surface area contributed by atoms with Gasteiger partial charge in [0.1, 0.15) is 0 Å². The summed E-state index contributed by atoms with van der Waals surface area (Å²) in [5, 5.41) is 1.35. The molecule has 0 aliphatic carbocycles. The Balaban J connectivity index is 1.81. The van der Waals surface area contributed by atoms with Gasteiger partial charge in [0.05, 0.1) is 0 Å². The molecule has 1 saturated heterocycles. The first kappa shape index (κ1) is 9.05. The van der Waals surface area contributed by atoms with Gasteiger partial charge in [-0.3, -0.25) is 0 Å². The number of benzene rings is 2. The van der Waals surface area contributed by atoms with Crippen molar-refractivity contribution in [3.8, 4) is 0 Å². The van der Waals surface area contributed by atoms with E-state index in [1.54, 1.807) is 0 Å². The van der Waals surface area contributed by atoms with E-state index >= 15 is 0 Å². The van der Waals surface area contributed by atoms with Crippen molar-refractivity contribution in [2.75, 3.05) is 0 Å². The van der Waals surface area contributed by atoms with E-state index in [1.165, 1.54) is 11.1 Å². The predicted octanol–water partition coefficient (Wildman–Crippen LogP) is 4.22. The molecule has 0 unspecified atom stereocenters. The van der Waals surface area contributed by atoms with Crippen LogP contribution in [0.15, 0.2) is 60.7 Å². The maximum Gasteiger partial charge on any atom is 0.0463 e. The molecule has 1 aliphatic rings. The van der Waals surface area contributed by atoms with Gasteiger partial charge in [0.2, 0.25) is 0 Å². The highest BCUT2D eigenvalue weighted by atomic mass is 32.2. The smallest absolute Gasteiger partial charge is 0.0463 e. The number of hydrogen-bond acceptors (Lipinski definition) is 1. The lowest BCUT2D eigenvalue weighted by Gasteiger charge is -1.98. The lowest BCUT2D eigenvalue weighted by molar-refractivity contribution is 1.03. The zero-order valence-corrected chi connectivity index (χ0v) is 9.15. The molecule has 0 N–H and O–H groups in total. The van der Waals surface area contributed by atoms with Crippen LogP contribution in [0, 0.1) is 0 Å². The van der Waals surface area contributed by atoms with Crippen LogP contribution in [0.1, 0.15) is 21.6 Å². The molecule has 1 aliphatic heterocycles. The van der Waals surface area contributed by atoms with Crippen molar-refractivity contribution in [3.63, 3.8) is 0 Å². The Labute approximate surface area is 94.3 Å². The Morgan fingerprint density at radius 2 is 1.00 bits per heavy atom. The van der Waals surface area contributed by atoms with Crippen LogP contribution in [-0.4, -0.2) is 0 Å². The van der Waals surface area contributed by atoms with Crippen molar-refractivity contribution in [2.45, 2.75) is 10.5 Å². The minimum Gasteiger partial charge on any atom is -0.143 e. The van der Waals surface area contributed by atoms with Crippen molar-refractivity contribution in [2.24, 2.45) is 0 Å². The first-order chi connectivity index (χ1) is 7.45. The van der Waals surface area contributed by atoms with Crippen molar-refractivity contribution in [1.82, 2.24) is 0 Å². The van der Waals surface area contributed by atoms with Gasteiger partial charge in [-0.05, 0) is 11.1 Å². The molecule has 0 radical (unpaired) electrons. The molecule has 2 aromatic carbocycles. The van der Waals surface area contributed by atoms with Crippen molar-refractivity contribution >= 4 is 11.8 Å². The maximum absolute atomic E-state index is 2.22. The summed E-state index contributed by atoms with van der Waals surface area (Å²) in [4.78, 5) is 0. The van der Waals surface area contributed by atoms with Crippen LogP contribution in [0.2, 0.25) is 0 Å². The summed E-state index contributed by atoms with van der Waals surface area (Å²) in [5.41, 5.74) is 2.91. The predicted molar refractivity (Wildman–Crippen MR) is 66.0 cm³/mol. The van der Waals surface area contributed by atoms with Crippen LogP contribution < -0.4 is 0 Å². The Hall–Kier alpha value is -1.21. The molecule has 0 nitrogen and oxygen atoms in total. The maximum atomic E-state index is 2.22. The highest BCUT2D eigenvalue weighted by molar-refractivity contribution is 8.06. The van der Waals surface area contributed by atoms with Crippen LogP contribution in [0.25, 0.3) is 0 Å². The molecule has 0 spiro atoms. The molecule has 3 rings (SSSR count). The number of hydrogen-bond donors (Lipinski definition) is 0. The molecule has 0 bridgehead atoms. The normalized spacial score (nSPS) is 23.7. The summed E-state index contributed by atoms with van der Waals surface area (Å²) in [6.45, 7) is 0. The topological polar surface area (TPSA) is 0 Å². The Morgan fingerprint density at radius 3 is 1.40 bits per heavy atom. The highest BCUT2D eigenvalue weighted by Crippen LogP contribution is 2.65. The molecular formula is C14H12S. The van der Waals surface area contributed by atoms with E-state index in [9.17, 15) is 0 Å². The van der Waals surface area contributed by atoms with Crippen molar-refractivity contribution in [1.29, 1.82) is 0 Å². The van der Waals surface area contributed by atoms with Crippen LogP contribution in [0.5, 0.6) is 0 Å². The zero-order valence-electron chi connectivity index (χ0n) is 8.34. The minimum atomic E-state index is 0.675. The van der Waals surface area contributed by atoms with Crippen LogP contribution in [-0.2, 0) is 0 Å². The third kappa shape index (κ3) is 1.80. The third-order valence-corrected chi connectivity index (χ3v) is 4.11. The van der Waals surface area contributed by atoms with Gasteiger partial charge in [-0.2, -0.15) is 0 Å². The SMILES string of the molecule is c1ccc([C@H]2S[C@H]2c2ccccc2)cc1. The summed E-state index contributed by atoms with van der Waals surface area (Å²) < 4.78 is 0. The molecule has 2 aromatic rings. The van der Waals surface area contributed by atoms with E-state index in [-0.39, 0.29) is 0 Å². The van der Waals surface area contributed by atoms with Gasteiger partial charge in [-0.15, -0.1) is 11.8 Å². The van der Waals surface area contributed by atoms with E-state index < -0.39 is 0 Å². The fourth-order valence-corrected chi connectivity index (χ4v) is 3.07. The van der Waals surface area contributed by atoms with Gasteiger partial charge in [0, 0.05) is 10.5 Å². The van der Waals surface area contributed by atoms with Gasteiger partial charge < -0.3 is 0 Å². The van der Waals surface area contributed by atoms with Crippen LogP contribution in [0.4, 0.5) is 0 Å². The lowest BCUT2D eigenvalue weighted by Crippen LogP contribution is -1.82. The number of rotatable bonds is 2. The summed E-state index contributed by atoms with van der Waals surface area (Å²) in [5.74, 6) is 0. The van der Waals surface area contributed by atoms with Gasteiger partial charge in [0.25, 0.3) is 0 Å². The Kier molecular flexibility index (Phi) is 2.26. The molecular weight excluding hydrogens is 200 g/mol. The van der Waals surface area contributed by atoms with Crippen molar-refractivity contribution in [3.05, 3.63) is 71.8 Å². The van der Waals surface area contributed by atoms with Gasteiger partial charge in [-0.25, -0.2) is 0 Å². The molecule has 15 heavy (non-hydrogen) atoms. The monoisotopic (exact) mass is 212 g/mol. The third-order valence-electron chi connectivity index (χ3n) is 2.75. The van der Waals surface area contributed by atoms with E-state index in [0.29, 0.717) is 10.5 Å². The largest absolute Gasteiger partial charge is 0.143 e. The fraction of sp³-hybridized carbons (Fsp3) is 0.143. The second-order valence-corrected chi connectivity index (χ2v) is 5.09. The minimum absolute atomic E-state index is 0.675. The van der Waals surface area contributed by atoms with E-state index in [2.05, 4.69) is 60.7 Å². The second-order valence-electron chi connectivity index (χ2n) is 3.80. The summed E-state index contributed by atoms with van der Waals surface area (Å²) in [6.07, 6.45) is 0. The molecule has 0 amide bonds. The summed E-state index contributed by atoms with van der Waals surface area (Å²) in [7, 11) is 0. The molecule has 0 aromatic heterocycles. The second kappa shape index (κ2) is 3.74. The number of thioether (sulfide) groups is 1. The fourth-order valence-electron chi connectivity index (χ4n) is 1.90. The standard InChI is InChI=1S/C14H12S/c1-3-7-11(8-4-1)13-14(15-13)12-9-5-2-6-10-12/h1-10,13-14H/t13-,14+. The highest BCUT2D eigenvalue weighted by Gasteiger charge is 2.40. The van der Waals surface area contributed by atoms with E-state index in [1.807, 2.05) is 11.8 Å². The summed E-state index contributed by atoms with van der Waals surface area (Å²) >= 11 is 2.04. The summed E-state index contributed by atoms with van der Waals surface area (Å²) in [6, 6.07) is 21.5. The van der Waals surface area contributed by atoms with Crippen LogP contribution in [0.3, 0.4) is 0 Å². The quantitative estimate of drug-likeness (QED) is 0.672. The molecule has 0 saturated carbocycles. The Morgan fingerprint density at radius 1 is 0.600 bits per heavy atom.